The van der Waals surface area contributed by atoms with Gasteiger partial charge in [0.1, 0.15) is 11.9 Å². The van der Waals surface area contributed by atoms with Crippen LogP contribution in [-0.4, -0.2) is 23.5 Å². The van der Waals surface area contributed by atoms with E-state index in [0.717, 1.165) is 6.92 Å². The largest absolute Gasteiger partial charge is 0.385 e. The minimum absolute atomic E-state index is 0.332. The van der Waals surface area contributed by atoms with E-state index in [2.05, 4.69) is 4.99 Å². The van der Waals surface area contributed by atoms with E-state index in [1.54, 1.807) is 0 Å². The predicted molar refractivity (Wildman–Crippen MR) is 40.2 cm³/mol. The highest BCUT2D eigenvalue weighted by Crippen LogP contribution is 2.37. The van der Waals surface area contributed by atoms with Crippen molar-refractivity contribution in [3.05, 3.63) is 0 Å². The van der Waals surface area contributed by atoms with Crippen LogP contribution in [0.4, 0.5) is 13.2 Å². The highest BCUT2D eigenvalue weighted by atomic mass is 19.3. The molecule has 1 aliphatic rings. The summed E-state index contributed by atoms with van der Waals surface area (Å²) in [6, 6.07) is -1.22. The van der Waals surface area contributed by atoms with Gasteiger partial charge in [-0.05, 0) is 13.8 Å². The molecule has 0 aromatic carbocycles. The number of hydrogen-bond acceptors (Lipinski definition) is 2. The third-order valence-electron chi connectivity index (χ3n) is 2.05. The van der Waals surface area contributed by atoms with Gasteiger partial charge in [0.2, 0.25) is 0 Å². The topological polar surface area (TPSA) is 38.4 Å². The van der Waals surface area contributed by atoms with Crippen molar-refractivity contribution in [2.75, 3.05) is 0 Å². The van der Waals surface area contributed by atoms with Crippen LogP contribution >= 0.6 is 0 Å². The lowest BCUT2D eigenvalue weighted by Gasteiger charge is -2.33. The zero-order valence-electron chi connectivity index (χ0n) is 6.94. The van der Waals surface area contributed by atoms with Gasteiger partial charge in [-0.1, -0.05) is 0 Å². The third-order valence-corrected chi connectivity index (χ3v) is 2.05. The van der Waals surface area contributed by atoms with Gasteiger partial charge in [-0.3, -0.25) is 4.99 Å². The summed E-state index contributed by atoms with van der Waals surface area (Å²) >= 11 is 0. The molecule has 2 nitrogen and oxygen atoms in total. The quantitative estimate of drug-likeness (QED) is 0.602. The van der Waals surface area contributed by atoms with Crippen LogP contribution in [0.2, 0.25) is 0 Å². The molecule has 1 rings (SSSR count). The van der Waals surface area contributed by atoms with Gasteiger partial charge in [-0.25, -0.2) is 13.2 Å². The van der Waals surface area contributed by atoms with E-state index >= 15 is 0 Å². The second-order valence-corrected chi connectivity index (χ2v) is 3.33. The lowest BCUT2D eigenvalue weighted by molar-refractivity contribution is -0.0608. The van der Waals surface area contributed by atoms with Crippen molar-refractivity contribution in [2.45, 2.75) is 37.9 Å². The number of aliphatic imine (C=N–C) groups is 1. The second-order valence-electron chi connectivity index (χ2n) is 3.33. The first kappa shape index (κ1) is 9.35. The molecule has 0 fully saturated rings. The smallest absolute Gasteiger partial charge is 0.273 e. The number of nitrogens with two attached hydrogens (primary N) is 1. The van der Waals surface area contributed by atoms with Gasteiger partial charge in [-0.2, -0.15) is 0 Å². The van der Waals surface area contributed by atoms with Gasteiger partial charge < -0.3 is 5.73 Å². The summed E-state index contributed by atoms with van der Waals surface area (Å²) in [5, 5.41) is 0. The van der Waals surface area contributed by atoms with Crippen LogP contribution in [0, 0.1) is 0 Å². The lowest BCUT2D eigenvalue weighted by atomic mass is 9.91. The molecule has 0 spiro atoms. The number of alkyl halides is 3. The summed E-state index contributed by atoms with van der Waals surface area (Å²) in [6.07, 6.45) is -0.878. The molecule has 0 unspecified atom stereocenters. The molecule has 1 aliphatic heterocycles. The summed E-state index contributed by atoms with van der Waals surface area (Å²) < 4.78 is 38.9. The average molecular weight is 180 g/mol. The van der Waals surface area contributed by atoms with Crippen molar-refractivity contribution in [3.8, 4) is 0 Å². The van der Waals surface area contributed by atoms with Gasteiger partial charge in [-0.15, -0.1) is 0 Å². The predicted octanol–water partition coefficient (Wildman–Crippen LogP) is 1.50. The van der Waals surface area contributed by atoms with Gasteiger partial charge in [0.25, 0.3) is 5.92 Å². The molecule has 2 atom stereocenters. The highest BCUT2D eigenvalue weighted by molar-refractivity contribution is 5.89. The Morgan fingerprint density at radius 1 is 1.50 bits per heavy atom. The van der Waals surface area contributed by atoms with Gasteiger partial charge >= 0.3 is 0 Å². The van der Waals surface area contributed by atoms with Crippen LogP contribution in [0.1, 0.15) is 20.3 Å². The fourth-order valence-corrected chi connectivity index (χ4v) is 1.12. The van der Waals surface area contributed by atoms with Crippen LogP contribution < -0.4 is 5.73 Å². The Balaban J connectivity index is 2.99. The van der Waals surface area contributed by atoms with Crippen molar-refractivity contribution in [1.82, 2.24) is 0 Å². The van der Waals surface area contributed by atoms with Crippen LogP contribution in [0.3, 0.4) is 0 Å². The first-order valence-electron chi connectivity index (χ1n) is 3.66. The molecular formula is C7H11F3N2. The Morgan fingerprint density at radius 2 is 2.00 bits per heavy atom. The standard InChI is InChI=1S/C7H11F3N2/c1-4-7(9,10)3-6(2,8)5(11)12-4/h4H,3H2,1-2H3,(H2,11,12)/t4-,6+/m1/s1. The molecule has 70 valence electrons. The summed E-state index contributed by atoms with van der Waals surface area (Å²) in [6.45, 7) is 2.24. The maximum Gasteiger partial charge on any atom is 0.273 e. The Morgan fingerprint density at radius 3 is 2.42 bits per heavy atom. The Bertz CT molecular complexity index is 223. The first-order chi connectivity index (χ1) is 5.26. The van der Waals surface area contributed by atoms with Gasteiger partial charge in [0.05, 0.1) is 6.42 Å². The fourth-order valence-electron chi connectivity index (χ4n) is 1.12. The van der Waals surface area contributed by atoms with Crippen LogP contribution in [0.15, 0.2) is 4.99 Å². The maximum absolute atomic E-state index is 13.2. The van der Waals surface area contributed by atoms with Crippen molar-refractivity contribution >= 4 is 5.84 Å². The molecule has 5 heteroatoms. The summed E-state index contributed by atoms with van der Waals surface area (Å²) in [5.41, 5.74) is 3.00. The first-order valence-corrected chi connectivity index (χ1v) is 3.66. The third kappa shape index (κ3) is 1.40. The molecular weight excluding hydrogens is 169 g/mol. The van der Waals surface area contributed by atoms with E-state index in [9.17, 15) is 13.2 Å². The molecule has 12 heavy (non-hydrogen) atoms. The minimum atomic E-state index is -3.09. The molecule has 0 saturated carbocycles. The summed E-state index contributed by atoms with van der Waals surface area (Å²) in [7, 11) is 0. The van der Waals surface area contributed by atoms with Crippen molar-refractivity contribution in [2.24, 2.45) is 10.7 Å². The van der Waals surface area contributed by atoms with E-state index in [0.29, 0.717) is 0 Å². The molecule has 0 radical (unpaired) electrons. The van der Waals surface area contributed by atoms with Crippen molar-refractivity contribution < 1.29 is 13.2 Å². The van der Waals surface area contributed by atoms with E-state index in [-0.39, 0.29) is 5.84 Å². The second kappa shape index (κ2) is 2.37. The molecule has 0 aromatic heterocycles. The van der Waals surface area contributed by atoms with Gasteiger partial charge in [0, 0.05) is 0 Å². The summed E-state index contributed by atoms with van der Waals surface area (Å²) in [4.78, 5) is 3.36. The van der Waals surface area contributed by atoms with Crippen LogP contribution in [0.25, 0.3) is 0 Å². The summed E-state index contributed by atoms with van der Waals surface area (Å²) in [5.74, 6) is -3.42. The molecule has 2 N–H and O–H groups in total. The lowest BCUT2D eigenvalue weighted by Crippen LogP contribution is -2.50. The van der Waals surface area contributed by atoms with Crippen LogP contribution in [-0.2, 0) is 0 Å². The SMILES string of the molecule is C[C@H]1N=C(N)[C@@](C)(F)CC1(F)F. The molecule has 0 saturated heterocycles. The number of hydrogen-bond donors (Lipinski definition) is 1. The molecule has 0 bridgehead atoms. The van der Waals surface area contributed by atoms with Crippen molar-refractivity contribution in [1.29, 1.82) is 0 Å². The number of halogens is 3. The number of rotatable bonds is 0. The zero-order valence-corrected chi connectivity index (χ0v) is 6.94. The van der Waals surface area contributed by atoms with E-state index in [4.69, 9.17) is 5.73 Å². The Hall–Kier alpha value is -0.740. The normalized spacial score (nSPS) is 40.8. The number of amidine groups is 1. The maximum atomic E-state index is 13.2. The fraction of sp³-hybridized carbons (Fsp3) is 0.857. The molecule has 0 aliphatic carbocycles. The Kier molecular flexibility index (Phi) is 1.85. The van der Waals surface area contributed by atoms with Crippen LogP contribution in [0.5, 0.6) is 0 Å². The van der Waals surface area contributed by atoms with E-state index in [1.165, 1.54) is 6.92 Å². The molecule has 0 amide bonds. The average Bonchev–Trinajstić information content (AvgIpc) is 1.82. The monoisotopic (exact) mass is 180 g/mol. The molecule has 0 aromatic rings. The number of nitrogens with zero attached hydrogens (tertiary/aromatic N) is 1. The van der Waals surface area contributed by atoms with E-state index in [1.807, 2.05) is 0 Å². The van der Waals surface area contributed by atoms with E-state index < -0.39 is 24.1 Å². The van der Waals surface area contributed by atoms with Gasteiger partial charge in [0.15, 0.2) is 5.67 Å². The highest BCUT2D eigenvalue weighted by Gasteiger charge is 2.49. The zero-order chi connectivity index (χ0) is 9.57. The molecule has 1 heterocycles. The Labute approximate surface area is 68.7 Å². The minimum Gasteiger partial charge on any atom is -0.385 e. The van der Waals surface area contributed by atoms with Crippen molar-refractivity contribution in [3.63, 3.8) is 0 Å².